The zero-order chi connectivity index (χ0) is 16.1. The van der Waals surface area contributed by atoms with E-state index >= 15 is 0 Å². The van der Waals surface area contributed by atoms with E-state index in [1.807, 2.05) is 13.8 Å². The average molecular weight is 305 g/mol. The van der Waals surface area contributed by atoms with Crippen LogP contribution < -0.4 is 5.32 Å². The van der Waals surface area contributed by atoms with Gasteiger partial charge in [-0.15, -0.1) is 0 Å². The third-order valence-corrected chi connectivity index (χ3v) is 4.29. The first kappa shape index (κ1) is 14.9. The van der Waals surface area contributed by atoms with E-state index in [-0.39, 0.29) is 23.5 Å². The zero-order valence-corrected chi connectivity index (χ0v) is 12.5. The van der Waals surface area contributed by atoms with Crippen LogP contribution in [-0.2, 0) is 9.59 Å². The topological polar surface area (TPSA) is 46.2 Å². The molecular formula is C17H17F2NO2. The molecular weight excluding hydrogens is 288 g/mol. The number of benzene rings is 1. The minimum Gasteiger partial charge on any atom is -0.329 e. The molecule has 0 saturated carbocycles. The van der Waals surface area contributed by atoms with E-state index in [0.717, 1.165) is 12.1 Å². The predicted molar refractivity (Wildman–Crippen MR) is 76.9 cm³/mol. The van der Waals surface area contributed by atoms with Gasteiger partial charge in [-0.05, 0) is 29.5 Å². The van der Waals surface area contributed by atoms with E-state index in [9.17, 15) is 18.4 Å². The first-order chi connectivity index (χ1) is 10.3. The number of amides is 1. The molecule has 0 bridgehead atoms. The van der Waals surface area contributed by atoms with Gasteiger partial charge in [-0.1, -0.05) is 19.9 Å². The Bertz CT molecular complexity index is 707. The van der Waals surface area contributed by atoms with Crippen LogP contribution in [0.3, 0.4) is 0 Å². The number of carbonyl (C=O) groups is 2. The number of ketones is 1. The van der Waals surface area contributed by atoms with Gasteiger partial charge in [0.15, 0.2) is 17.4 Å². The molecule has 1 aromatic rings. The summed E-state index contributed by atoms with van der Waals surface area (Å²) >= 11 is 0. The van der Waals surface area contributed by atoms with Crippen LogP contribution >= 0.6 is 0 Å². The van der Waals surface area contributed by atoms with E-state index in [1.54, 1.807) is 0 Å². The molecule has 0 fully saturated rings. The second kappa shape index (κ2) is 5.00. The van der Waals surface area contributed by atoms with Crippen LogP contribution in [0, 0.1) is 17.0 Å². The third-order valence-electron chi connectivity index (χ3n) is 4.29. The maximum atomic E-state index is 13.5. The Labute approximate surface area is 127 Å². The average Bonchev–Trinajstić information content (AvgIpc) is 2.39. The Morgan fingerprint density at radius 3 is 2.55 bits per heavy atom. The van der Waals surface area contributed by atoms with Crippen molar-refractivity contribution in [2.75, 3.05) is 0 Å². The summed E-state index contributed by atoms with van der Waals surface area (Å²) in [5.41, 5.74) is 1.44. The molecule has 0 saturated heterocycles. The van der Waals surface area contributed by atoms with Gasteiger partial charge in [-0.2, -0.15) is 0 Å². The van der Waals surface area contributed by atoms with Gasteiger partial charge in [0.2, 0.25) is 5.91 Å². The fraction of sp³-hybridized carbons (Fsp3) is 0.412. The largest absolute Gasteiger partial charge is 0.329 e. The highest BCUT2D eigenvalue weighted by molar-refractivity contribution is 6.02. The minimum atomic E-state index is -0.964. The molecule has 1 aromatic carbocycles. The monoisotopic (exact) mass is 305 g/mol. The molecule has 116 valence electrons. The first-order valence-corrected chi connectivity index (χ1v) is 7.28. The number of rotatable bonds is 1. The second-order valence-corrected chi connectivity index (χ2v) is 6.81. The summed E-state index contributed by atoms with van der Waals surface area (Å²) in [7, 11) is 0. The molecule has 1 atom stereocenters. The highest BCUT2D eigenvalue weighted by atomic mass is 19.2. The minimum absolute atomic E-state index is 0.0269. The molecule has 22 heavy (non-hydrogen) atoms. The van der Waals surface area contributed by atoms with E-state index in [2.05, 4.69) is 5.32 Å². The fourth-order valence-corrected chi connectivity index (χ4v) is 3.37. The summed E-state index contributed by atoms with van der Waals surface area (Å²) in [5.74, 6) is -2.62. The first-order valence-electron chi connectivity index (χ1n) is 7.28. The van der Waals surface area contributed by atoms with Crippen LogP contribution in [0.25, 0.3) is 0 Å². The highest BCUT2D eigenvalue weighted by Gasteiger charge is 2.40. The smallest absolute Gasteiger partial charge is 0.225 e. The molecule has 5 heteroatoms. The van der Waals surface area contributed by atoms with E-state index in [4.69, 9.17) is 0 Å². The van der Waals surface area contributed by atoms with Gasteiger partial charge in [-0.3, -0.25) is 9.59 Å². The Balaban J connectivity index is 2.08. The summed E-state index contributed by atoms with van der Waals surface area (Å²) in [6.07, 6.45) is 1.07. The number of nitrogens with one attached hydrogen (secondary N) is 1. The Morgan fingerprint density at radius 1 is 1.14 bits per heavy atom. The normalized spacial score (nSPS) is 24.1. The van der Waals surface area contributed by atoms with Gasteiger partial charge in [0.25, 0.3) is 0 Å². The molecule has 0 unspecified atom stereocenters. The van der Waals surface area contributed by atoms with Crippen molar-refractivity contribution in [2.45, 2.75) is 39.0 Å². The molecule has 0 radical (unpaired) electrons. The summed E-state index contributed by atoms with van der Waals surface area (Å²) in [6, 6.07) is 3.56. The van der Waals surface area contributed by atoms with Crippen LogP contribution in [0.2, 0.25) is 0 Å². The van der Waals surface area contributed by atoms with E-state index in [1.165, 1.54) is 6.07 Å². The van der Waals surface area contributed by atoms with Gasteiger partial charge in [0.1, 0.15) is 0 Å². The lowest BCUT2D eigenvalue weighted by molar-refractivity contribution is -0.122. The van der Waals surface area contributed by atoms with Gasteiger partial charge in [0.05, 0.1) is 0 Å². The molecule has 2 aliphatic rings. The predicted octanol–water partition coefficient (Wildman–Crippen LogP) is 3.21. The number of allylic oxidation sites excluding steroid dienone is 2. The molecule has 0 aromatic heterocycles. The Kier molecular flexibility index (Phi) is 3.38. The molecule has 0 spiro atoms. The number of hydrogen-bond acceptors (Lipinski definition) is 2. The molecule has 1 aliphatic carbocycles. The maximum absolute atomic E-state index is 13.5. The summed E-state index contributed by atoms with van der Waals surface area (Å²) in [6.45, 7) is 3.95. The van der Waals surface area contributed by atoms with Gasteiger partial charge in [-0.25, -0.2) is 8.78 Å². The number of halogens is 2. The van der Waals surface area contributed by atoms with Crippen LogP contribution in [0.1, 0.15) is 44.6 Å². The van der Waals surface area contributed by atoms with Crippen LogP contribution in [0.5, 0.6) is 0 Å². The Morgan fingerprint density at radius 2 is 1.86 bits per heavy atom. The maximum Gasteiger partial charge on any atom is 0.225 e. The Hall–Kier alpha value is -2.04. The van der Waals surface area contributed by atoms with E-state index in [0.29, 0.717) is 29.7 Å². The summed E-state index contributed by atoms with van der Waals surface area (Å²) < 4.78 is 26.6. The molecule has 1 heterocycles. The molecule has 3 rings (SSSR count). The van der Waals surface area contributed by atoms with Gasteiger partial charge < -0.3 is 5.32 Å². The lowest BCUT2D eigenvalue weighted by Gasteiger charge is -2.37. The second-order valence-electron chi connectivity index (χ2n) is 6.81. The van der Waals surface area contributed by atoms with Crippen LogP contribution in [-0.4, -0.2) is 11.7 Å². The van der Waals surface area contributed by atoms with Crippen molar-refractivity contribution in [2.24, 2.45) is 5.41 Å². The molecule has 1 N–H and O–H groups in total. The molecule has 3 nitrogen and oxygen atoms in total. The molecule has 1 amide bonds. The fourth-order valence-electron chi connectivity index (χ4n) is 3.37. The number of Topliss-reactive ketones (excluding diaryl/α,β-unsaturated/α-hetero) is 1. The molecule has 1 aliphatic heterocycles. The lowest BCUT2D eigenvalue weighted by Crippen LogP contribution is -2.40. The summed E-state index contributed by atoms with van der Waals surface area (Å²) in [5, 5.41) is 2.78. The van der Waals surface area contributed by atoms with Crippen molar-refractivity contribution in [1.82, 2.24) is 5.32 Å². The van der Waals surface area contributed by atoms with Crippen molar-refractivity contribution >= 4 is 11.7 Å². The van der Waals surface area contributed by atoms with Crippen LogP contribution in [0.4, 0.5) is 8.78 Å². The van der Waals surface area contributed by atoms with Crippen molar-refractivity contribution in [3.8, 4) is 0 Å². The highest BCUT2D eigenvalue weighted by Crippen LogP contribution is 2.43. The van der Waals surface area contributed by atoms with Crippen molar-refractivity contribution in [3.63, 3.8) is 0 Å². The van der Waals surface area contributed by atoms with Crippen molar-refractivity contribution < 1.29 is 18.4 Å². The van der Waals surface area contributed by atoms with Crippen molar-refractivity contribution in [3.05, 3.63) is 46.7 Å². The number of hydrogen-bond donors (Lipinski definition) is 1. The third kappa shape index (κ3) is 2.56. The number of carbonyl (C=O) groups excluding carboxylic acids is 2. The quantitative estimate of drug-likeness (QED) is 0.866. The SMILES string of the molecule is CC1(C)CC(=O)C2=C(C1)NC(=O)C[C@H]2c1ccc(F)c(F)c1. The van der Waals surface area contributed by atoms with Gasteiger partial charge >= 0.3 is 0 Å². The summed E-state index contributed by atoms with van der Waals surface area (Å²) in [4.78, 5) is 24.5. The standard InChI is InChI=1S/C17H17F2NO2/c1-17(2)7-13-16(14(21)8-17)10(6-15(22)20-13)9-3-4-11(18)12(19)5-9/h3-5,10H,6-8H2,1-2H3,(H,20,22)/t10-/m0/s1. The zero-order valence-electron chi connectivity index (χ0n) is 12.5. The van der Waals surface area contributed by atoms with Crippen LogP contribution in [0.15, 0.2) is 29.5 Å². The van der Waals surface area contributed by atoms with Crippen molar-refractivity contribution in [1.29, 1.82) is 0 Å². The van der Waals surface area contributed by atoms with E-state index < -0.39 is 17.6 Å². The van der Waals surface area contributed by atoms with Gasteiger partial charge in [0, 0.05) is 30.0 Å². The lowest BCUT2D eigenvalue weighted by atomic mass is 9.70.